The molecule has 0 saturated heterocycles. The summed E-state index contributed by atoms with van der Waals surface area (Å²) in [5, 5.41) is 4.23. The molecular formula is C20H18N2O3. The van der Waals surface area contributed by atoms with E-state index in [0.29, 0.717) is 12.0 Å². The molecule has 0 fully saturated rings. The van der Waals surface area contributed by atoms with Crippen molar-refractivity contribution in [3.8, 4) is 0 Å². The van der Waals surface area contributed by atoms with Gasteiger partial charge in [0, 0.05) is 10.8 Å². The maximum absolute atomic E-state index is 13.0. The highest BCUT2D eigenvalue weighted by Gasteiger charge is 2.23. The van der Waals surface area contributed by atoms with Crippen molar-refractivity contribution in [1.82, 2.24) is 10.3 Å². The number of hydrogen-bond acceptors (Lipinski definition) is 4. The lowest BCUT2D eigenvalue weighted by Crippen LogP contribution is -2.41. The third kappa shape index (κ3) is 3.21. The zero-order valence-electron chi connectivity index (χ0n) is 13.9. The number of nitrogens with one attached hydrogen (secondary N) is 1. The molecule has 126 valence electrons. The molecule has 0 aliphatic rings. The molecule has 0 bridgehead atoms. The molecule has 1 aromatic heterocycles. The normalized spacial score (nSPS) is 11.9. The van der Waals surface area contributed by atoms with Gasteiger partial charge in [-0.15, -0.1) is 6.58 Å². The number of pyridine rings is 1. The van der Waals surface area contributed by atoms with Crippen molar-refractivity contribution in [3.05, 3.63) is 66.7 Å². The van der Waals surface area contributed by atoms with Gasteiger partial charge in [-0.05, 0) is 18.6 Å². The van der Waals surface area contributed by atoms with E-state index in [0.717, 1.165) is 21.8 Å². The highest BCUT2D eigenvalue weighted by molar-refractivity contribution is 6.16. The number of aromatic nitrogens is 1. The van der Waals surface area contributed by atoms with E-state index < -0.39 is 12.0 Å². The molecule has 1 N–H and O–H groups in total. The number of carbonyl (C=O) groups excluding carboxylic acids is 2. The molecule has 0 saturated carbocycles. The fourth-order valence-corrected chi connectivity index (χ4v) is 2.84. The number of benzene rings is 2. The van der Waals surface area contributed by atoms with Crippen molar-refractivity contribution in [2.45, 2.75) is 12.5 Å². The van der Waals surface area contributed by atoms with Gasteiger partial charge in [0.15, 0.2) is 0 Å². The molecule has 3 rings (SSSR count). The average Bonchev–Trinajstić information content (AvgIpc) is 2.64. The molecule has 1 heterocycles. The number of ether oxygens (including phenoxy) is 1. The average molecular weight is 334 g/mol. The van der Waals surface area contributed by atoms with E-state index in [9.17, 15) is 9.59 Å². The van der Waals surface area contributed by atoms with Crippen LogP contribution in [0.2, 0.25) is 0 Å². The molecule has 1 atom stereocenters. The topological polar surface area (TPSA) is 68.3 Å². The van der Waals surface area contributed by atoms with Crippen molar-refractivity contribution < 1.29 is 14.3 Å². The van der Waals surface area contributed by atoms with E-state index in [1.165, 1.54) is 7.11 Å². The van der Waals surface area contributed by atoms with Gasteiger partial charge in [-0.25, -0.2) is 9.78 Å². The van der Waals surface area contributed by atoms with Crippen molar-refractivity contribution in [2.24, 2.45) is 0 Å². The smallest absolute Gasteiger partial charge is 0.328 e. The quantitative estimate of drug-likeness (QED) is 0.442. The molecule has 2 aromatic carbocycles. The number of hydrogen-bond donors (Lipinski definition) is 1. The lowest BCUT2D eigenvalue weighted by Gasteiger charge is -2.16. The second-order valence-electron chi connectivity index (χ2n) is 5.59. The summed E-state index contributed by atoms with van der Waals surface area (Å²) >= 11 is 0. The monoisotopic (exact) mass is 334 g/mol. The highest BCUT2D eigenvalue weighted by atomic mass is 16.5. The summed E-state index contributed by atoms with van der Waals surface area (Å²) in [4.78, 5) is 29.5. The minimum absolute atomic E-state index is 0.291. The van der Waals surface area contributed by atoms with Crippen LogP contribution in [-0.2, 0) is 9.53 Å². The standard InChI is InChI=1S/C20H18N2O3/c1-3-8-17(20(24)25-2)22-19(23)18-13-9-4-6-11-15(13)21-16-12-7-5-10-14(16)18/h3-7,9-12,17H,1,8H2,2H3,(H,22,23)/t17-/m0/s1. The maximum atomic E-state index is 13.0. The fourth-order valence-electron chi connectivity index (χ4n) is 2.84. The summed E-state index contributed by atoms with van der Waals surface area (Å²) in [6.07, 6.45) is 1.87. The molecule has 0 unspecified atom stereocenters. The largest absolute Gasteiger partial charge is 0.467 e. The Kier molecular flexibility index (Phi) is 4.75. The van der Waals surface area contributed by atoms with Crippen LogP contribution in [-0.4, -0.2) is 30.0 Å². The molecule has 0 radical (unpaired) electrons. The van der Waals surface area contributed by atoms with E-state index >= 15 is 0 Å². The number of carbonyl (C=O) groups is 2. The number of nitrogens with zero attached hydrogens (tertiary/aromatic N) is 1. The first-order chi connectivity index (χ1) is 12.2. The van der Waals surface area contributed by atoms with E-state index in [4.69, 9.17) is 4.74 Å². The van der Waals surface area contributed by atoms with E-state index in [2.05, 4.69) is 16.9 Å². The first-order valence-corrected chi connectivity index (χ1v) is 7.92. The van der Waals surface area contributed by atoms with Crippen LogP contribution in [0.4, 0.5) is 0 Å². The Balaban J connectivity index is 2.13. The van der Waals surface area contributed by atoms with Crippen LogP contribution in [0.1, 0.15) is 16.8 Å². The lowest BCUT2D eigenvalue weighted by molar-refractivity contribution is -0.142. The molecular weight excluding hydrogens is 316 g/mol. The Labute approximate surface area is 145 Å². The van der Waals surface area contributed by atoms with Gasteiger partial charge in [0.05, 0.1) is 23.7 Å². The van der Waals surface area contributed by atoms with Gasteiger partial charge in [-0.3, -0.25) is 4.79 Å². The van der Waals surface area contributed by atoms with Crippen molar-refractivity contribution >= 4 is 33.7 Å². The van der Waals surface area contributed by atoms with Crippen LogP contribution >= 0.6 is 0 Å². The molecule has 3 aromatic rings. The molecule has 5 nitrogen and oxygen atoms in total. The summed E-state index contributed by atoms with van der Waals surface area (Å²) in [7, 11) is 1.29. The minimum atomic E-state index is -0.777. The highest BCUT2D eigenvalue weighted by Crippen LogP contribution is 2.26. The van der Waals surface area contributed by atoms with Crippen LogP contribution in [0.15, 0.2) is 61.2 Å². The fraction of sp³-hybridized carbons (Fsp3) is 0.150. The predicted octanol–water partition coefficient (Wildman–Crippen LogP) is 3.24. The van der Waals surface area contributed by atoms with Gasteiger partial charge >= 0.3 is 5.97 Å². The van der Waals surface area contributed by atoms with Crippen LogP contribution in [0.3, 0.4) is 0 Å². The number of fused-ring (bicyclic) bond motifs is 2. The number of methoxy groups -OCH3 is 1. The molecule has 0 aliphatic heterocycles. The van der Waals surface area contributed by atoms with Crippen LogP contribution in [0.25, 0.3) is 21.8 Å². The van der Waals surface area contributed by atoms with Gasteiger partial charge in [-0.1, -0.05) is 42.5 Å². The van der Waals surface area contributed by atoms with Gasteiger partial charge < -0.3 is 10.1 Å². The molecule has 25 heavy (non-hydrogen) atoms. The van der Waals surface area contributed by atoms with E-state index in [1.807, 2.05) is 48.5 Å². The number of esters is 1. The Hall–Kier alpha value is -3.21. The third-order valence-electron chi connectivity index (χ3n) is 4.01. The van der Waals surface area contributed by atoms with Crippen molar-refractivity contribution in [3.63, 3.8) is 0 Å². The van der Waals surface area contributed by atoms with E-state index in [1.54, 1.807) is 6.08 Å². The number of para-hydroxylation sites is 2. The summed E-state index contributed by atoms with van der Waals surface area (Å²) in [6, 6.07) is 14.1. The maximum Gasteiger partial charge on any atom is 0.328 e. The van der Waals surface area contributed by atoms with Crippen LogP contribution in [0, 0.1) is 0 Å². The first-order valence-electron chi connectivity index (χ1n) is 7.92. The van der Waals surface area contributed by atoms with Gasteiger partial charge in [0.25, 0.3) is 5.91 Å². The Morgan fingerprint density at radius 2 is 1.68 bits per heavy atom. The second-order valence-corrected chi connectivity index (χ2v) is 5.59. The summed E-state index contributed by atoms with van der Waals surface area (Å²) in [6.45, 7) is 3.63. The zero-order chi connectivity index (χ0) is 17.8. The number of amides is 1. The van der Waals surface area contributed by atoms with Crippen molar-refractivity contribution in [1.29, 1.82) is 0 Å². The van der Waals surface area contributed by atoms with Crippen LogP contribution < -0.4 is 5.32 Å². The molecule has 0 aliphatic carbocycles. The summed E-state index contributed by atoms with van der Waals surface area (Å²) in [5.41, 5.74) is 1.95. The van der Waals surface area contributed by atoms with Gasteiger partial charge in [0.2, 0.25) is 0 Å². The van der Waals surface area contributed by atoms with Gasteiger partial charge in [-0.2, -0.15) is 0 Å². The Morgan fingerprint density at radius 3 is 2.20 bits per heavy atom. The van der Waals surface area contributed by atoms with Crippen LogP contribution in [0.5, 0.6) is 0 Å². The Morgan fingerprint density at radius 1 is 1.12 bits per heavy atom. The summed E-state index contributed by atoms with van der Waals surface area (Å²) < 4.78 is 4.76. The third-order valence-corrected chi connectivity index (χ3v) is 4.01. The van der Waals surface area contributed by atoms with E-state index in [-0.39, 0.29) is 5.91 Å². The molecule has 5 heteroatoms. The SMILES string of the molecule is C=CC[C@H](NC(=O)c1c2ccccc2nc2ccccc12)C(=O)OC. The first kappa shape index (κ1) is 16.6. The summed E-state index contributed by atoms with van der Waals surface area (Å²) in [5.74, 6) is -0.844. The van der Waals surface area contributed by atoms with Gasteiger partial charge in [0.1, 0.15) is 6.04 Å². The predicted molar refractivity (Wildman–Crippen MR) is 97.3 cm³/mol. The Bertz CT molecular complexity index is 911. The zero-order valence-corrected chi connectivity index (χ0v) is 13.9. The molecule has 1 amide bonds. The number of rotatable bonds is 5. The second kappa shape index (κ2) is 7.13. The minimum Gasteiger partial charge on any atom is -0.467 e. The van der Waals surface area contributed by atoms with Crippen molar-refractivity contribution in [2.75, 3.05) is 7.11 Å². The molecule has 0 spiro atoms. The lowest BCUT2D eigenvalue weighted by atomic mass is 10.0.